The van der Waals surface area contributed by atoms with E-state index in [1.54, 1.807) is 36.4 Å². The Morgan fingerprint density at radius 2 is 1.43 bits per heavy atom. The van der Waals surface area contributed by atoms with E-state index >= 15 is 0 Å². The molecule has 0 aliphatic rings. The number of nitrogens with one attached hydrogen (secondary N) is 1. The summed E-state index contributed by atoms with van der Waals surface area (Å²) in [5, 5.41) is 32.0. The topological polar surface area (TPSA) is 72.7 Å². The van der Waals surface area contributed by atoms with Gasteiger partial charge in [0.1, 0.15) is 11.5 Å². The van der Waals surface area contributed by atoms with Gasteiger partial charge in [-0.05, 0) is 55.3 Å². The van der Waals surface area contributed by atoms with Crippen LogP contribution in [0.2, 0.25) is 0 Å². The third kappa shape index (κ3) is 4.48. The highest BCUT2D eigenvalue weighted by Crippen LogP contribution is 2.19. The average molecular weight is 287 g/mol. The molecule has 0 saturated heterocycles. The van der Waals surface area contributed by atoms with Gasteiger partial charge in [0, 0.05) is 6.04 Å². The Morgan fingerprint density at radius 1 is 0.905 bits per heavy atom. The molecule has 4 N–H and O–H groups in total. The van der Waals surface area contributed by atoms with Crippen molar-refractivity contribution >= 4 is 0 Å². The van der Waals surface area contributed by atoms with E-state index in [0.717, 1.165) is 24.1 Å². The van der Waals surface area contributed by atoms with Gasteiger partial charge < -0.3 is 20.6 Å². The average Bonchev–Trinajstić information content (AvgIpc) is 2.49. The van der Waals surface area contributed by atoms with Gasteiger partial charge in [-0.15, -0.1) is 0 Å². The molecule has 0 spiro atoms. The highest BCUT2D eigenvalue weighted by Gasteiger charge is 2.15. The summed E-state index contributed by atoms with van der Waals surface area (Å²) in [6, 6.07) is 13.6. The molecule has 21 heavy (non-hydrogen) atoms. The summed E-state index contributed by atoms with van der Waals surface area (Å²) in [7, 11) is 0. The first-order valence-electron chi connectivity index (χ1n) is 7.04. The van der Waals surface area contributed by atoms with Gasteiger partial charge in [-0.3, -0.25) is 0 Å². The van der Waals surface area contributed by atoms with Crippen LogP contribution in [-0.2, 0) is 6.42 Å². The maximum atomic E-state index is 10.2. The first-order chi connectivity index (χ1) is 10.1. The van der Waals surface area contributed by atoms with Crippen molar-refractivity contribution in [3.63, 3.8) is 0 Å². The molecule has 0 amide bonds. The van der Waals surface area contributed by atoms with Crippen LogP contribution in [0.4, 0.5) is 0 Å². The van der Waals surface area contributed by atoms with Gasteiger partial charge in [0.05, 0.1) is 6.10 Å². The van der Waals surface area contributed by atoms with Crippen LogP contribution < -0.4 is 5.32 Å². The van der Waals surface area contributed by atoms with E-state index in [1.807, 2.05) is 19.1 Å². The lowest BCUT2D eigenvalue weighted by Gasteiger charge is -2.20. The molecule has 0 aliphatic carbocycles. The number of hydrogen-bond donors (Lipinski definition) is 4. The third-order valence-electron chi connectivity index (χ3n) is 3.52. The molecule has 0 unspecified atom stereocenters. The summed E-state index contributed by atoms with van der Waals surface area (Å²) in [5.74, 6) is 0.460. The van der Waals surface area contributed by atoms with Gasteiger partial charge in [-0.25, -0.2) is 0 Å². The van der Waals surface area contributed by atoms with Crippen molar-refractivity contribution in [3.05, 3.63) is 59.7 Å². The van der Waals surface area contributed by atoms with Crippen molar-refractivity contribution in [2.75, 3.05) is 6.54 Å². The highest BCUT2D eigenvalue weighted by molar-refractivity contribution is 5.28. The summed E-state index contributed by atoms with van der Waals surface area (Å²) >= 11 is 0. The number of phenols is 2. The van der Waals surface area contributed by atoms with Gasteiger partial charge in [-0.1, -0.05) is 24.3 Å². The van der Waals surface area contributed by atoms with Crippen LogP contribution in [0.1, 0.15) is 24.2 Å². The highest BCUT2D eigenvalue weighted by atomic mass is 16.3. The molecule has 0 aromatic heterocycles. The van der Waals surface area contributed by atoms with E-state index in [2.05, 4.69) is 5.32 Å². The summed E-state index contributed by atoms with van der Waals surface area (Å²) in [6.45, 7) is 2.66. The van der Waals surface area contributed by atoms with Crippen LogP contribution >= 0.6 is 0 Å². The van der Waals surface area contributed by atoms with Gasteiger partial charge in [-0.2, -0.15) is 0 Å². The zero-order valence-electron chi connectivity index (χ0n) is 12.0. The Hall–Kier alpha value is -2.04. The molecule has 0 heterocycles. The van der Waals surface area contributed by atoms with Crippen LogP contribution in [0.5, 0.6) is 11.5 Å². The number of aromatic hydroxyl groups is 2. The molecule has 2 aromatic carbocycles. The number of phenolic OH excluding ortho intramolecular Hbond substituents is 2. The normalized spacial score (nSPS) is 13.8. The zero-order chi connectivity index (χ0) is 15.2. The summed E-state index contributed by atoms with van der Waals surface area (Å²) in [5.41, 5.74) is 1.91. The summed E-state index contributed by atoms with van der Waals surface area (Å²) < 4.78 is 0. The SMILES string of the molecule is C[C@@H](NCCc1ccc(O)cc1)[C@H](O)c1ccc(O)cc1. The van der Waals surface area contributed by atoms with Crippen LogP contribution in [0.25, 0.3) is 0 Å². The largest absolute Gasteiger partial charge is 0.508 e. The van der Waals surface area contributed by atoms with E-state index in [9.17, 15) is 15.3 Å². The van der Waals surface area contributed by atoms with Gasteiger partial charge >= 0.3 is 0 Å². The predicted molar refractivity (Wildman–Crippen MR) is 82.3 cm³/mol. The first kappa shape index (κ1) is 15.4. The second-order valence-electron chi connectivity index (χ2n) is 5.20. The molecule has 0 aliphatic heterocycles. The lowest BCUT2D eigenvalue weighted by molar-refractivity contribution is 0.136. The second kappa shape index (κ2) is 7.11. The van der Waals surface area contributed by atoms with Crippen molar-refractivity contribution in [2.45, 2.75) is 25.5 Å². The molecule has 2 aromatic rings. The number of benzene rings is 2. The molecule has 0 fully saturated rings. The lowest BCUT2D eigenvalue weighted by atomic mass is 10.0. The minimum absolute atomic E-state index is 0.0911. The van der Waals surface area contributed by atoms with E-state index in [-0.39, 0.29) is 17.5 Å². The zero-order valence-corrected chi connectivity index (χ0v) is 12.0. The molecule has 0 bridgehead atoms. The van der Waals surface area contributed by atoms with Gasteiger partial charge in [0.15, 0.2) is 0 Å². The molecule has 0 saturated carbocycles. The quantitative estimate of drug-likeness (QED) is 0.658. The molecule has 2 rings (SSSR count). The predicted octanol–water partition coefficient (Wildman–Crippen LogP) is 2.35. The van der Waals surface area contributed by atoms with E-state index in [1.165, 1.54) is 0 Å². The molecule has 4 heteroatoms. The Balaban J connectivity index is 1.82. The van der Waals surface area contributed by atoms with Gasteiger partial charge in [0.2, 0.25) is 0 Å². The van der Waals surface area contributed by atoms with E-state index in [0.29, 0.717) is 0 Å². The molecule has 112 valence electrons. The first-order valence-corrected chi connectivity index (χ1v) is 7.04. The Bertz CT molecular complexity index is 551. The molecular weight excluding hydrogens is 266 g/mol. The maximum Gasteiger partial charge on any atom is 0.115 e. The third-order valence-corrected chi connectivity index (χ3v) is 3.52. The second-order valence-corrected chi connectivity index (χ2v) is 5.20. The Labute approximate surface area is 124 Å². The van der Waals surface area contributed by atoms with E-state index < -0.39 is 6.10 Å². The standard InChI is InChI=1S/C17H21NO3/c1-12(17(21)14-4-8-16(20)9-5-14)18-11-10-13-2-6-15(19)7-3-13/h2-9,12,17-21H,10-11H2,1H3/t12-,17+/m1/s1. The minimum atomic E-state index is -0.620. The summed E-state index contributed by atoms with van der Waals surface area (Å²) in [6.07, 6.45) is 0.206. The van der Waals surface area contributed by atoms with Crippen LogP contribution in [0.3, 0.4) is 0 Å². The molecule has 0 radical (unpaired) electrons. The Morgan fingerprint density at radius 3 is 2.00 bits per heavy atom. The van der Waals surface area contributed by atoms with Crippen molar-refractivity contribution in [1.82, 2.24) is 5.32 Å². The van der Waals surface area contributed by atoms with Crippen molar-refractivity contribution < 1.29 is 15.3 Å². The Kier molecular flexibility index (Phi) is 5.20. The van der Waals surface area contributed by atoms with Crippen LogP contribution in [-0.4, -0.2) is 27.9 Å². The monoisotopic (exact) mass is 287 g/mol. The lowest BCUT2D eigenvalue weighted by Crippen LogP contribution is -2.33. The smallest absolute Gasteiger partial charge is 0.115 e. The van der Waals surface area contributed by atoms with E-state index in [4.69, 9.17) is 0 Å². The summed E-state index contributed by atoms with van der Waals surface area (Å²) in [4.78, 5) is 0. The number of hydrogen-bond acceptors (Lipinski definition) is 4. The fourth-order valence-electron chi connectivity index (χ4n) is 2.18. The van der Waals surface area contributed by atoms with Crippen molar-refractivity contribution in [3.8, 4) is 11.5 Å². The van der Waals surface area contributed by atoms with Crippen LogP contribution in [0, 0.1) is 0 Å². The number of aliphatic hydroxyl groups excluding tert-OH is 1. The van der Waals surface area contributed by atoms with Crippen LogP contribution in [0.15, 0.2) is 48.5 Å². The molecule has 2 atom stereocenters. The maximum absolute atomic E-state index is 10.2. The number of aliphatic hydroxyl groups is 1. The molecular formula is C17H21NO3. The molecule has 4 nitrogen and oxygen atoms in total. The van der Waals surface area contributed by atoms with Crippen molar-refractivity contribution in [2.24, 2.45) is 0 Å². The van der Waals surface area contributed by atoms with Gasteiger partial charge in [0.25, 0.3) is 0 Å². The van der Waals surface area contributed by atoms with Crippen molar-refractivity contribution in [1.29, 1.82) is 0 Å². The minimum Gasteiger partial charge on any atom is -0.508 e. The fourth-order valence-corrected chi connectivity index (χ4v) is 2.18. The fraction of sp³-hybridized carbons (Fsp3) is 0.294. The number of rotatable bonds is 6.